The van der Waals surface area contributed by atoms with E-state index >= 15 is 0 Å². The fourth-order valence-electron chi connectivity index (χ4n) is 2.61. The summed E-state index contributed by atoms with van der Waals surface area (Å²) in [6.45, 7) is 5.48. The number of amides is 2. The van der Waals surface area contributed by atoms with Crippen LogP contribution in [0.1, 0.15) is 32.8 Å². The van der Waals surface area contributed by atoms with Gasteiger partial charge in [0.1, 0.15) is 6.04 Å². The Labute approximate surface area is 165 Å². The zero-order valence-corrected chi connectivity index (χ0v) is 16.5. The minimum atomic E-state index is -0.689. The molecule has 0 aromatic heterocycles. The first-order valence-electron chi connectivity index (χ1n) is 9.43. The number of hydrogen-bond acceptors (Lipinski definition) is 3. The molecular weight excluding hydrogens is 359 g/mol. The third-order valence-corrected chi connectivity index (χ3v) is 4.55. The molecular formula is C22H27FN2O3. The van der Waals surface area contributed by atoms with Gasteiger partial charge in [0.2, 0.25) is 5.91 Å². The Morgan fingerprint density at radius 3 is 2.36 bits per heavy atom. The van der Waals surface area contributed by atoms with Gasteiger partial charge in [-0.05, 0) is 38.0 Å². The highest BCUT2D eigenvalue weighted by Gasteiger charge is 2.27. The maximum atomic E-state index is 13.7. The number of nitrogens with one attached hydrogen (secondary N) is 1. The second-order valence-corrected chi connectivity index (χ2v) is 6.72. The molecule has 0 unspecified atom stereocenters. The molecule has 150 valence electrons. The van der Waals surface area contributed by atoms with Crippen molar-refractivity contribution in [2.75, 3.05) is 6.61 Å². The minimum Gasteiger partial charge on any atom is -0.481 e. The molecule has 0 spiro atoms. The molecule has 0 aliphatic rings. The molecule has 1 N–H and O–H groups in total. The van der Waals surface area contributed by atoms with Crippen molar-refractivity contribution in [3.05, 3.63) is 66.0 Å². The average molecular weight is 386 g/mol. The number of hydrogen-bond donors (Lipinski definition) is 1. The number of halogens is 1. The Morgan fingerprint density at radius 1 is 1.07 bits per heavy atom. The SMILES string of the molecule is CC[C@@H](C)NC(=O)[C@@H](C)N(Cc1ccccc1)C(=O)COc1ccccc1F. The Bertz CT molecular complexity index is 782. The van der Waals surface area contributed by atoms with E-state index in [-0.39, 0.29) is 36.8 Å². The summed E-state index contributed by atoms with van der Waals surface area (Å²) in [5, 5.41) is 2.90. The van der Waals surface area contributed by atoms with Crippen LogP contribution in [-0.4, -0.2) is 35.4 Å². The number of carbonyl (C=O) groups is 2. The van der Waals surface area contributed by atoms with E-state index in [9.17, 15) is 14.0 Å². The Hall–Kier alpha value is -2.89. The van der Waals surface area contributed by atoms with Crippen molar-refractivity contribution >= 4 is 11.8 Å². The molecule has 0 aliphatic heterocycles. The normalized spacial score (nSPS) is 12.7. The van der Waals surface area contributed by atoms with Gasteiger partial charge in [-0.1, -0.05) is 49.4 Å². The summed E-state index contributed by atoms with van der Waals surface area (Å²) in [5.74, 6) is -1.15. The van der Waals surface area contributed by atoms with Gasteiger partial charge in [0, 0.05) is 12.6 Å². The van der Waals surface area contributed by atoms with E-state index in [1.807, 2.05) is 44.2 Å². The lowest BCUT2D eigenvalue weighted by Crippen LogP contribution is -2.50. The second kappa shape index (κ2) is 10.4. The van der Waals surface area contributed by atoms with Crippen LogP contribution in [0.25, 0.3) is 0 Å². The van der Waals surface area contributed by atoms with E-state index < -0.39 is 11.9 Å². The molecule has 0 aliphatic carbocycles. The zero-order chi connectivity index (χ0) is 20.5. The molecule has 0 bridgehead atoms. The molecule has 0 saturated heterocycles. The number of rotatable bonds is 9. The average Bonchev–Trinajstić information content (AvgIpc) is 2.71. The monoisotopic (exact) mass is 386 g/mol. The lowest BCUT2D eigenvalue weighted by atomic mass is 10.1. The van der Waals surface area contributed by atoms with Gasteiger partial charge in [-0.15, -0.1) is 0 Å². The van der Waals surface area contributed by atoms with Crippen LogP contribution in [0, 0.1) is 5.82 Å². The van der Waals surface area contributed by atoms with Gasteiger partial charge < -0.3 is 15.0 Å². The van der Waals surface area contributed by atoms with E-state index in [0.717, 1.165) is 12.0 Å². The van der Waals surface area contributed by atoms with E-state index in [1.165, 1.54) is 17.0 Å². The predicted octanol–water partition coefficient (Wildman–Crippen LogP) is 3.54. The molecule has 2 rings (SSSR count). The maximum absolute atomic E-state index is 13.7. The van der Waals surface area contributed by atoms with Gasteiger partial charge in [0.15, 0.2) is 18.2 Å². The van der Waals surface area contributed by atoms with Crippen molar-refractivity contribution in [1.82, 2.24) is 10.2 Å². The number of para-hydroxylation sites is 1. The van der Waals surface area contributed by atoms with Crippen LogP contribution >= 0.6 is 0 Å². The molecule has 5 nitrogen and oxygen atoms in total. The van der Waals surface area contributed by atoms with Crippen LogP contribution in [0.15, 0.2) is 54.6 Å². The first-order valence-corrected chi connectivity index (χ1v) is 9.43. The zero-order valence-electron chi connectivity index (χ0n) is 16.5. The molecule has 0 saturated carbocycles. The highest BCUT2D eigenvalue weighted by Crippen LogP contribution is 2.16. The van der Waals surface area contributed by atoms with E-state index in [4.69, 9.17) is 4.74 Å². The Balaban J connectivity index is 2.13. The molecule has 6 heteroatoms. The van der Waals surface area contributed by atoms with Crippen LogP contribution in [0.5, 0.6) is 5.75 Å². The minimum absolute atomic E-state index is 0.00669. The van der Waals surface area contributed by atoms with Crippen molar-refractivity contribution < 1.29 is 18.7 Å². The lowest BCUT2D eigenvalue weighted by Gasteiger charge is -2.29. The molecule has 2 aromatic carbocycles. The summed E-state index contributed by atoms with van der Waals surface area (Å²) in [7, 11) is 0. The van der Waals surface area contributed by atoms with Gasteiger partial charge in [0.25, 0.3) is 5.91 Å². The maximum Gasteiger partial charge on any atom is 0.261 e. The fraction of sp³-hybridized carbons (Fsp3) is 0.364. The summed E-state index contributed by atoms with van der Waals surface area (Å²) in [5.41, 5.74) is 0.893. The second-order valence-electron chi connectivity index (χ2n) is 6.72. The van der Waals surface area contributed by atoms with Gasteiger partial charge in [-0.3, -0.25) is 9.59 Å². The largest absolute Gasteiger partial charge is 0.481 e. The lowest BCUT2D eigenvalue weighted by molar-refractivity contribution is -0.142. The summed E-state index contributed by atoms with van der Waals surface area (Å²) in [6.07, 6.45) is 0.793. The smallest absolute Gasteiger partial charge is 0.261 e. The van der Waals surface area contributed by atoms with Crippen molar-refractivity contribution in [2.24, 2.45) is 0 Å². The Kier molecular flexibility index (Phi) is 7.99. The first kappa shape index (κ1) is 21.4. The third kappa shape index (κ3) is 6.08. The first-order chi connectivity index (χ1) is 13.4. The fourth-order valence-corrected chi connectivity index (χ4v) is 2.61. The standard InChI is InChI=1S/C22H27FN2O3/c1-4-16(2)24-22(27)17(3)25(14-18-10-6-5-7-11-18)21(26)15-28-20-13-9-8-12-19(20)23/h5-13,16-17H,4,14-15H2,1-3H3,(H,24,27)/t16-,17-/m1/s1. The molecule has 2 amide bonds. The van der Waals surface area contributed by atoms with Crippen LogP contribution in [0.4, 0.5) is 4.39 Å². The van der Waals surface area contributed by atoms with Gasteiger partial charge in [-0.2, -0.15) is 0 Å². The number of benzene rings is 2. The van der Waals surface area contributed by atoms with E-state index in [0.29, 0.717) is 0 Å². The van der Waals surface area contributed by atoms with Gasteiger partial charge >= 0.3 is 0 Å². The van der Waals surface area contributed by atoms with Gasteiger partial charge in [0.05, 0.1) is 0 Å². The number of ether oxygens (including phenoxy) is 1. The van der Waals surface area contributed by atoms with Crippen molar-refractivity contribution in [3.63, 3.8) is 0 Å². The summed E-state index contributed by atoms with van der Waals surface area (Å²) < 4.78 is 19.1. The molecule has 0 heterocycles. The van der Waals surface area contributed by atoms with Crippen LogP contribution in [-0.2, 0) is 16.1 Å². The predicted molar refractivity (Wildman–Crippen MR) is 106 cm³/mol. The van der Waals surface area contributed by atoms with E-state index in [1.54, 1.807) is 19.1 Å². The summed E-state index contributed by atoms with van der Waals surface area (Å²) >= 11 is 0. The number of carbonyl (C=O) groups excluding carboxylic acids is 2. The molecule has 0 fully saturated rings. The quantitative estimate of drug-likeness (QED) is 0.717. The van der Waals surface area contributed by atoms with Crippen LogP contribution < -0.4 is 10.1 Å². The van der Waals surface area contributed by atoms with Crippen molar-refractivity contribution in [1.29, 1.82) is 0 Å². The molecule has 0 radical (unpaired) electrons. The Morgan fingerprint density at radius 2 is 1.71 bits per heavy atom. The highest BCUT2D eigenvalue weighted by molar-refractivity contribution is 5.88. The van der Waals surface area contributed by atoms with Crippen LogP contribution in [0.2, 0.25) is 0 Å². The highest BCUT2D eigenvalue weighted by atomic mass is 19.1. The van der Waals surface area contributed by atoms with Crippen molar-refractivity contribution in [3.8, 4) is 5.75 Å². The van der Waals surface area contributed by atoms with E-state index in [2.05, 4.69) is 5.32 Å². The van der Waals surface area contributed by atoms with Gasteiger partial charge in [-0.25, -0.2) is 4.39 Å². The molecule has 2 atom stereocenters. The molecule has 28 heavy (non-hydrogen) atoms. The topological polar surface area (TPSA) is 58.6 Å². The van der Waals surface area contributed by atoms with Crippen LogP contribution in [0.3, 0.4) is 0 Å². The summed E-state index contributed by atoms with van der Waals surface area (Å²) in [4.78, 5) is 26.9. The number of nitrogens with zero attached hydrogens (tertiary/aromatic N) is 1. The third-order valence-electron chi connectivity index (χ3n) is 4.55. The summed E-state index contributed by atoms with van der Waals surface area (Å²) in [6, 6.07) is 14.6. The van der Waals surface area contributed by atoms with Crippen molar-refractivity contribution in [2.45, 2.75) is 45.8 Å². The molecule has 2 aromatic rings.